The Morgan fingerprint density at radius 2 is 1.86 bits per heavy atom. The number of ether oxygens (including phenoxy) is 3. The van der Waals surface area contributed by atoms with Crippen LogP contribution in [0.2, 0.25) is 0 Å². The zero-order valence-corrected chi connectivity index (χ0v) is 15.3. The Kier molecular flexibility index (Phi) is 7.02. The number of carbonyl (C=O) groups is 1. The van der Waals surface area contributed by atoms with E-state index in [1.807, 2.05) is 0 Å². The van der Waals surface area contributed by atoms with E-state index in [4.69, 9.17) is 14.2 Å². The molecule has 8 heteroatoms. The predicted octanol–water partition coefficient (Wildman–Crippen LogP) is 3.14. The van der Waals surface area contributed by atoms with Crippen LogP contribution in [0, 0.1) is 11.6 Å². The molecule has 1 heterocycles. The van der Waals surface area contributed by atoms with E-state index in [1.54, 1.807) is 12.1 Å². The summed E-state index contributed by atoms with van der Waals surface area (Å²) in [6.07, 6.45) is 1.05. The third-order valence-electron chi connectivity index (χ3n) is 4.12. The number of rotatable bonds is 8. The molecule has 0 saturated heterocycles. The molecule has 2 aromatic carbocycles. The number of amides is 2. The van der Waals surface area contributed by atoms with E-state index in [0.717, 1.165) is 0 Å². The van der Waals surface area contributed by atoms with Crippen LogP contribution < -0.4 is 20.1 Å². The van der Waals surface area contributed by atoms with Crippen LogP contribution in [-0.2, 0) is 17.8 Å². The van der Waals surface area contributed by atoms with E-state index >= 15 is 0 Å². The zero-order valence-electron chi connectivity index (χ0n) is 15.3. The Hall–Kier alpha value is -2.87. The van der Waals surface area contributed by atoms with Gasteiger partial charge in [0.05, 0.1) is 13.2 Å². The van der Waals surface area contributed by atoms with E-state index in [9.17, 15) is 13.6 Å². The molecular weight excluding hydrogens is 370 g/mol. The van der Waals surface area contributed by atoms with Crippen molar-refractivity contribution >= 4 is 6.03 Å². The molecule has 2 N–H and O–H groups in total. The average Bonchev–Trinajstić information content (AvgIpc) is 2.69. The molecule has 0 radical (unpaired) electrons. The highest BCUT2D eigenvalue weighted by molar-refractivity contribution is 5.73. The second kappa shape index (κ2) is 9.89. The van der Waals surface area contributed by atoms with Gasteiger partial charge in [-0.1, -0.05) is 0 Å². The van der Waals surface area contributed by atoms with Crippen molar-refractivity contribution < 1.29 is 27.8 Å². The SMILES string of the molecule is O=C(NCCCOc1ccc(F)cc1)NCCc1cc(F)cc2c1OCOC2. The number of carbonyl (C=O) groups excluding carboxylic acids is 1. The smallest absolute Gasteiger partial charge is 0.314 e. The monoisotopic (exact) mass is 392 g/mol. The van der Waals surface area contributed by atoms with Gasteiger partial charge in [-0.25, -0.2) is 13.6 Å². The lowest BCUT2D eigenvalue weighted by molar-refractivity contribution is -0.0172. The Bertz CT molecular complexity index is 800. The highest BCUT2D eigenvalue weighted by Gasteiger charge is 2.16. The van der Waals surface area contributed by atoms with Crippen LogP contribution in [-0.4, -0.2) is 32.5 Å². The van der Waals surface area contributed by atoms with Crippen LogP contribution in [0.1, 0.15) is 17.5 Å². The number of hydrogen-bond donors (Lipinski definition) is 2. The molecule has 2 aromatic rings. The molecule has 28 heavy (non-hydrogen) atoms. The van der Waals surface area contributed by atoms with Crippen LogP contribution in [0.4, 0.5) is 13.6 Å². The molecule has 0 atom stereocenters. The average molecular weight is 392 g/mol. The van der Waals surface area contributed by atoms with E-state index in [0.29, 0.717) is 61.8 Å². The fourth-order valence-electron chi connectivity index (χ4n) is 2.81. The standard InChI is InChI=1S/C20H22F2N2O4/c21-16-2-4-18(5-3-16)27-9-1-7-23-20(25)24-8-6-14-10-17(22)11-15-12-26-13-28-19(14)15/h2-5,10-11H,1,6-9,12-13H2,(H2,23,24,25). The number of nitrogens with one attached hydrogen (secondary N) is 2. The van der Waals surface area contributed by atoms with Crippen LogP contribution in [0.15, 0.2) is 36.4 Å². The van der Waals surface area contributed by atoms with Crippen molar-refractivity contribution in [3.05, 3.63) is 59.2 Å². The molecular formula is C20H22F2N2O4. The third-order valence-corrected chi connectivity index (χ3v) is 4.12. The van der Waals surface area contributed by atoms with E-state index < -0.39 is 0 Å². The lowest BCUT2D eigenvalue weighted by atomic mass is 10.1. The van der Waals surface area contributed by atoms with E-state index in [2.05, 4.69) is 10.6 Å². The van der Waals surface area contributed by atoms with Crippen molar-refractivity contribution in [2.24, 2.45) is 0 Å². The Morgan fingerprint density at radius 1 is 1.07 bits per heavy atom. The molecule has 0 aliphatic carbocycles. The fourth-order valence-corrected chi connectivity index (χ4v) is 2.81. The predicted molar refractivity (Wildman–Crippen MR) is 98.3 cm³/mol. The summed E-state index contributed by atoms with van der Waals surface area (Å²) in [4.78, 5) is 11.8. The van der Waals surface area contributed by atoms with Gasteiger partial charge in [0.2, 0.25) is 0 Å². The molecule has 0 aromatic heterocycles. The minimum atomic E-state index is -0.353. The van der Waals surface area contributed by atoms with Crippen molar-refractivity contribution in [2.45, 2.75) is 19.4 Å². The third kappa shape index (κ3) is 5.82. The summed E-state index contributed by atoms with van der Waals surface area (Å²) in [5, 5.41) is 5.45. The summed E-state index contributed by atoms with van der Waals surface area (Å²) in [7, 11) is 0. The number of halogens is 2. The van der Waals surface area contributed by atoms with Gasteiger partial charge in [-0.2, -0.15) is 0 Å². The van der Waals surface area contributed by atoms with Crippen molar-refractivity contribution in [2.75, 3.05) is 26.5 Å². The maximum absolute atomic E-state index is 13.7. The van der Waals surface area contributed by atoms with Crippen molar-refractivity contribution in [3.63, 3.8) is 0 Å². The minimum Gasteiger partial charge on any atom is -0.494 e. The van der Waals surface area contributed by atoms with Crippen molar-refractivity contribution in [3.8, 4) is 11.5 Å². The van der Waals surface area contributed by atoms with Gasteiger partial charge in [-0.15, -0.1) is 0 Å². The highest BCUT2D eigenvalue weighted by atomic mass is 19.1. The van der Waals surface area contributed by atoms with Gasteiger partial charge in [-0.05, 0) is 54.8 Å². The van der Waals surface area contributed by atoms with E-state index in [-0.39, 0.29) is 24.5 Å². The normalized spacial score (nSPS) is 12.6. The number of fused-ring (bicyclic) bond motifs is 1. The van der Waals surface area contributed by atoms with Crippen LogP contribution in [0.25, 0.3) is 0 Å². The summed E-state index contributed by atoms with van der Waals surface area (Å²) in [5.41, 5.74) is 1.37. The second-order valence-corrected chi connectivity index (χ2v) is 6.25. The van der Waals surface area contributed by atoms with Crippen molar-refractivity contribution in [1.29, 1.82) is 0 Å². The first-order chi connectivity index (χ1) is 13.6. The molecule has 1 aliphatic heterocycles. The second-order valence-electron chi connectivity index (χ2n) is 6.25. The van der Waals surface area contributed by atoms with Crippen molar-refractivity contribution in [1.82, 2.24) is 10.6 Å². The molecule has 1 aliphatic rings. The molecule has 0 fully saturated rings. The molecule has 0 bridgehead atoms. The van der Waals surface area contributed by atoms with Gasteiger partial charge >= 0.3 is 6.03 Å². The summed E-state index contributed by atoms with van der Waals surface area (Å²) in [6, 6.07) is 8.26. The van der Waals surface area contributed by atoms with Crippen LogP contribution in [0.3, 0.4) is 0 Å². The Morgan fingerprint density at radius 3 is 2.68 bits per heavy atom. The largest absolute Gasteiger partial charge is 0.494 e. The van der Waals surface area contributed by atoms with Gasteiger partial charge in [0, 0.05) is 18.7 Å². The lowest BCUT2D eigenvalue weighted by Crippen LogP contribution is -2.37. The van der Waals surface area contributed by atoms with Gasteiger partial charge in [0.25, 0.3) is 0 Å². The molecule has 6 nitrogen and oxygen atoms in total. The topological polar surface area (TPSA) is 68.8 Å². The summed E-state index contributed by atoms with van der Waals surface area (Å²) >= 11 is 0. The number of urea groups is 1. The first-order valence-electron chi connectivity index (χ1n) is 9.04. The number of benzene rings is 2. The molecule has 0 spiro atoms. The maximum Gasteiger partial charge on any atom is 0.314 e. The van der Waals surface area contributed by atoms with E-state index in [1.165, 1.54) is 24.3 Å². The Labute approximate surface area is 161 Å². The summed E-state index contributed by atoms with van der Waals surface area (Å²) in [5.74, 6) is 0.544. The molecule has 0 saturated carbocycles. The van der Waals surface area contributed by atoms with Crippen LogP contribution >= 0.6 is 0 Å². The summed E-state index contributed by atoms with van der Waals surface area (Å²) < 4.78 is 42.5. The minimum absolute atomic E-state index is 0.138. The maximum atomic E-state index is 13.7. The zero-order chi connectivity index (χ0) is 19.8. The summed E-state index contributed by atoms with van der Waals surface area (Å²) in [6.45, 7) is 1.63. The quantitative estimate of drug-likeness (QED) is 0.678. The Balaban J connectivity index is 1.33. The van der Waals surface area contributed by atoms with Gasteiger partial charge in [-0.3, -0.25) is 0 Å². The first kappa shape index (κ1) is 19.9. The number of hydrogen-bond acceptors (Lipinski definition) is 4. The first-order valence-corrected chi connectivity index (χ1v) is 9.04. The van der Waals surface area contributed by atoms with Gasteiger partial charge in [0.15, 0.2) is 6.79 Å². The molecule has 0 unspecified atom stereocenters. The molecule has 150 valence electrons. The van der Waals surface area contributed by atoms with Gasteiger partial charge in [0.1, 0.15) is 23.1 Å². The fraction of sp³-hybridized carbons (Fsp3) is 0.350. The highest BCUT2D eigenvalue weighted by Crippen LogP contribution is 2.29. The van der Waals surface area contributed by atoms with Gasteiger partial charge < -0.3 is 24.8 Å². The van der Waals surface area contributed by atoms with Crippen LogP contribution in [0.5, 0.6) is 11.5 Å². The lowest BCUT2D eigenvalue weighted by Gasteiger charge is -2.21. The molecule has 2 amide bonds. The molecule has 3 rings (SSSR count).